The molecule has 0 spiro atoms. The van der Waals surface area contributed by atoms with Crippen LogP contribution in [-0.2, 0) is 17.1 Å². The third kappa shape index (κ3) is 3.13. The van der Waals surface area contributed by atoms with Crippen LogP contribution in [-0.4, -0.2) is 37.9 Å². The van der Waals surface area contributed by atoms with Crippen molar-refractivity contribution in [2.24, 2.45) is 7.05 Å². The molecule has 3 aromatic heterocycles. The average Bonchev–Trinajstić information content (AvgIpc) is 3.04. The summed E-state index contributed by atoms with van der Waals surface area (Å²) in [6.45, 7) is 5.45. The lowest BCUT2D eigenvalue weighted by molar-refractivity contribution is 0.600. The molecule has 0 amide bonds. The van der Waals surface area contributed by atoms with Gasteiger partial charge in [0.15, 0.2) is 0 Å². The van der Waals surface area contributed by atoms with Gasteiger partial charge in [0.1, 0.15) is 10.7 Å². The number of nitrogens with zero attached hydrogens (tertiary/aromatic N) is 6. The largest absolute Gasteiger partial charge is 0.274 e. The minimum absolute atomic E-state index is 0.0664. The van der Waals surface area contributed by atoms with Crippen molar-refractivity contribution in [1.82, 2.24) is 29.5 Å². The first-order valence-electron chi connectivity index (χ1n) is 7.15. The molecule has 3 heterocycles. The van der Waals surface area contributed by atoms with Crippen LogP contribution in [0.15, 0.2) is 29.4 Å². The number of hydrogen-bond donors (Lipinski definition) is 1. The van der Waals surface area contributed by atoms with Crippen molar-refractivity contribution >= 4 is 15.8 Å². The molecule has 0 aliphatic carbocycles. The first-order chi connectivity index (χ1) is 11.2. The van der Waals surface area contributed by atoms with E-state index in [9.17, 15) is 8.42 Å². The van der Waals surface area contributed by atoms with Gasteiger partial charge in [-0.3, -0.25) is 9.40 Å². The fraction of sp³-hybridized carbons (Fsp3) is 0.286. The normalized spacial score (nSPS) is 11.7. The van der Waals surface area contributed by atoms with Crippen molar-refractivity contribution in [3.8, 4) is 5.95 Å². The number of aromatic nitrogens is 6. The van der Waals surface area contributed by atoms with Crippen LogP contribution in [0.3, 0.4) is 0 Å². The van der Waals surface area contributed by atoms with Gasteiger partial charge in [-0.15, -0.1) is 0 Å². The Morgan fingerprint density at radius 2 is 1.71 bits per heavy atom. The van der Waals surface area contributed by atoms with E-state index in [4.69, 9.17) is 0 Å². The molecule has 0 bridgehead atoms. The van der Waals surface area contributed by atoms with Gasteiger partial charge >= 0.3 is 0 Å². The van der Waals surface area contributed by atoms with Crippen LogP contribution in [0.25, 0.3) is 5.95 Å². The maximum Gasteiger partial charge on any atom is 0.266 e. The van der Waals surface area contributed by atoms with Crippen LogP contribution in [0.2, 0.25) is 0 Å². The highest BCUT2D eigenvalue weighted by molar-refractivity contribution is 7.92. The molecule has 0 saturated heterocycles. The van der Waals surface area contributed by atoms with Gasteiger partial charge < -0.3 is 0 Å². The lowest BCUT2D eigenvalue weighted by atomic mass is 10.4. The Morgan fingerprint density at radius 1 is 1.04 bits per heavy atom. The smallest absolute Gasteiger partial charge is 0.266 e. The standard InChI is InChI=1S/C14H17N7O2S/c1-9-5-10(2)17-14(16-9)21-13(6-11(3)18-21)19-24(22,23)12-7-15-20(4)8-12/h5-8,19H,1-4H3. The number of nitrogens with one attached hydrogen (secondary N) is 1. The zero-order valence-corrected chi connectivity index (χ0v) is 14.5. The van der Waals surface area contributed by atoms with E-state index in [0.717, 1.165) is 11.4 Å². The van der Waals surface area contributed by atoms with Crippen LogP contribution in [0.1, 0.15) is 17.1 Å². The van der Waals surface area contributed by atoms with Gasteiger partial charge in [0.2, 0.25) is 0 Å². The lowest BCUT2D eigenvalue weighted by Gasteiger charge is -2.09. The summed E-state index contributed by atoms with van der Waals surface area (Å²) in [6, 6.07) is 3.45. The van der Waals surface area contributed by atoms with Crippen LogP contribution in [0, 0.1) is 20.8 Å². The Kier molecular flexibility index (Phi) is 3.84. The monoisotopic (exact) mass is 347 g/mol. The second kappa shape index (κ2) is 5.71. The van der Waals surface area contributed by atoms with E-state index < -0.39 is 10.0 Å². The minimum Gasteiger partial charge on any atom is -0.274 e. The highest BCUT2D eigenvalue weighted by Gasteiger charge is 2.20. The van der Waals surface area contributed by atoms with Crippen LogP contribution < -0.4 is 4.72 Å². The number of anilines is 1. The fourth-order valence-corrected chi connectivity index (χ4v) is 3.28. The summed E-state index contributed by atoms with van der Waals surface area (Å²) in [5, 5.41) is 8.17. The Labute approximate surface area is 139 Å². The average molecular weight is 347 g/mol. The Bertz CT molecular complexity index is 984. The maximum absolute atomic E-state index is 12.5. The van der Waals surface area contributed by atoms with Gasteiger partial charge in [0, 0.05) is 30.7 Å². The summed E-state index contributed by atoms with van der Waals surface area (Å²) in [5.74, 6) is 0.575. The van der Waals surface area contributed by atoms with Crippen LogP contribution >= 0.6 is 0 Å². The van der Waals surface area contributed by atoms with Gasteiger partial charge in [0.05, 0.1) is 11.9 Å². The number of sulfonamides is 1. The number of rotatable bonds is 4. The van der Waals surface area contributed by atoms with E-state index in [2.05, 4.69) is 24.9 Å². The summed E-state index contributed by atoms with van der Waals surface area (Å²) >= 11 is 0. The second-order valence-corrected chi connectivity index (χ2v) is 7.17. The van der Waals surface area contributed by atoms with E-state index >= 15 is 0 Å². The second-order valence-electron chi connectivity index (χ2n) is 5.49. The molecule has 0 radical (unpaired) electrons. The topological polar surface area (TPSA) is 108 Å². The van der Waals surface area contributed by atoms with Gasteiger partial charge in [-0.1, -0.05) is 0 Å². The highest BCUT2D eigenvalue weighted by atomic mass is 32.2. The predicted octanol–water partition coefficient (Wildman–Crippen LogP) is 1.12. The lowest BCUT2D eigenvalue weighted by Crippen LogP contribution is -2.16. The van der Waals surface area contributed by atoms with E-state index in [0.29, 0.717) is 11.6 Å². The minimum atomic E-state index is -3.78. The molecular formula is C14H17N7O2S. The molecule has 24 heavy (non-hydrogen) atoms. The summed E-state index contributed by atoms with van der Waals surface area (Å²) in [6.07, 6.45) is 2.70. The number of aryl methyl sites for hydroxylation is 4. The van der Waals surface area contributed by atoms with Gasteiger partial charge in [-0.25, -0.2) is 18.4 Å². The molecule has 10 heteroatoms. The Balaban J connectivity index is 2.04. The van der Waals surface area contributed by atoms with Crippen molar-refractivity contribution in [1.29, 1.82) is 0 Å². The molecule has 0 aliphatic rings. The van der Waals surface area contributed by atoms with Crippen molar-refractivity contribution in [2.75, 3.05) is 4.72 Å². The zero-order chi connectivity index (χ0) is 17.5. The first kappa shape index (κ1) is 16.1. The summed E-state index contributed by atoms with van der Waals surface area (Å²) < 4.78 is 30.3. The quantitative estimate of drug-likeness (QED) is 0.758. The first-order valence-corrected chi connectivity index (χ1v) is 8.64. The summed E-state index contributed by atoms with van der Waals surface area (Å²) in [4.78, 5) is 8.71. The van der Waals surface area contributed by atoms with Gasteiger partial charge in [-0.2, -0.15) is 14.9 Å². The van der Waals surface area contributed by atoms with E-state index in [1.54, 1.807) is 20.0 Å². The maximum atomic E-state index is 12.5. The van der Waals surface area contributed by atoms with Gasteiger partial charge in [0.25, 0.3) is 16.0 Å². The SMILES string of the molecule is Cc1cc(C)nc(-n2nc(C)cc2NS(=O)(=O)c2cnn(C)c2)n1. The van der Waals surface area contributed by atoms with Crippen LogP contribution in [0.5, 0.6) is 0 Å². The predicted molar refractivity (Wildman–Crippen MR) is 87.4 cm³/mol. The third-order valence-electron chi connectivity index (χ3n) is 3.22. The number of hydrogen-bond acceptors (Lipinski definition) is 6. The van der Waals surface area contributed by atoms with Crippen molar-refractivity contribution in [3.63, 3.8) is 0 Å². The van der Waals surface area contributed by atoms with Crippen molar-refractivity contribution in [3.05, 3.63) is 41.6 Å². The van der Waals surface area contributed by atoms with Crippen molar-refractivity contribution < 1.29 is 8.42 Å². The fourth-order valence-electron chi connectivity index (χ4n) is 2.26. The summed E-state index contributed by atoms with van der Waals surface area (Å²) in [7, 11) is -2.13. The third-order valence-corrected chi connectivity index (χ3v) is 4.53. The molecule has 3 aromatic rings. The molecular weight excluding hydrogens is 330 g/mol. The van der Waals surface area contributed by atoms with Gasteiger partial charge in [-0.05, 0) is 26.8 Å². The molecule has 0 aliphatic heterocycles. The Hall–Kier alpha value is -2.75. The molecule has 0 unspecified atom stereocenters. The zero-order valence-electron chi connectivity index (χ0n) is 13.7. The molecule has 0 fully saturated rings. The van der Waals surface area contributed by atoms with Crippen molar-refractivity contribution in [2.45, 2.75) is 25.7 Å². The summed E-state index contributed by atoms with van der Waals surface area (Å²) in [5.41, 5.74) is 2.18. The van der Waals surface area contributed by atoms with E-state index in [1.807, 2.05) is 19.9 Å². The molecule has 126 valence electrons. The highest BCUT2D eigenvalue weighted by Crippen LogP contribution is 2.19. The molecule has 9 nitrogen and oxygen atoms in total. The van der Waals surface area contributed by atoms with E-state index in [1.165, 1.54) is 21.8 Å². The van der Waals surface area contributed by atoms with E-state index in [-0.39, 0.29) is 10.7 Å². The molecule has 3 rings (SSSR count). The molecule has 0 atom stereocenters. The Morgan fingerprint density at radius 3 is 2.29 bits per heavy atom. The van der Waals surface area contributed by atoms with Crippen LogP contribution in [0.4, 0.5) is 5.82 Å². The molecule has 1 N–H and O–H groups in total. The molecule has 0 aromatic carbocycles. The molecule has 0 saturated carbocycles.